The van der Waals surface area contributed by atoms with E-state index in [-0.39, 0.29) is 45.9 Å². The van der Waals surface area contributed by atoms with Gasteiger partial charge in [-0.15, -0.1) is 0 Å². The van der Waals surface area contributed by atoms with E-state index in [1.807, 2.05) is 0 Å². The molecule has 5 rings (SSSR count). The highest BCUT2D eigenvalue weighted by atomic mass is 35.5. The maximum Gasteiger partial charge on any atom is 0.255 e. The monoisotopic (exact) mass is 603 g/mol. The molecule has 2 heterocycles. The molecular formula is C29H38ClN5O7. The summed E-state index contributed by atoms with van der Waals surface area (Å²) in [7, 11) is 3.15. The van der Waals surface area contributed by atoms with Gasteiger partial charge in [-0.25, -0.2) is 4.98 Å². The minimum atomic E-state index is -2.70. The summed E-state index contributed by atoms with van der Waals surface area (Å²) in [4.78, 5) is 47.8. The number of fused-ring (bicyclic) bond motifs is 3. The number of carbonyl (C=O) groups excluding carboxylic acids is 3. The molecule has 1 aromatic rings. The Morgan fingerprint density at radius 2 is 1.86 bits per heavy atom. The van der Waals surface area contributed by atoms with Gasteiger partial charge >= 0.3 is 0 Å². The highest BCUT2D eigenvalue weighted by molar-refractivity contribution is 6.32. The SMILES string of the molecule is CN(C)[C@@H]1C(O)=C(C(N)=O)C(=O)[C@@]2(O)C(O)=C3C(=O)c4c(O)c(NCC(C)(C)CN5CCCC5)nc(Cl)c4C[C@H]3C[C@@H]12. The Morgan fingerprint density at radius 3 is 2.45 bits per heavy atom. The predicted molar refractivity (Wildman–Crippen MR) is 154 cm³/mol. The summed E-state index contributed by atoms with van der Waals surface area (Å²) in [6, 6.07) is -1.06. The van der Waals surface area contributed by atoms with Crippen molar-refractivity contribution in [1.29, 1.82) is 0 Å². The largest absolute Gasteiger partial charge is 0.510 e. The van der Waals surface area contributed by atoms with Crippen molar-refractivity contribution in [3.8, 4) is 5.75 Å². The topological polar surface area (TPSA) is 190 Å². The molecule has 0 bridgehead atoms. The number of Topliss-reactive ketones (excluding diaryl/α,β-unsaturated/α-hetero) is 2. The van der Waals surface area contributed by atoms with E-state index >= 15 is 0 Å². The highest BCUT2D eigenvalue weighted by Gasteiger charge is 2.63. The van der Waals surface area contributed by atoms with Gasteiger partial charge in [0.25, 0.3) is 5.91 Å². The second kappa shape index (κ2) is 10.5. The van der Waals surface area contributed by atoms with Crippen LogP contribution < -0.4 is 11.1 Å². The Labute approximate surface area is 248 Å². The van der Waals surface area contributed by atoms with Crippen molar-refractivity contribution in [2.75, 3.05) is 45.6 Å². The smallest absolute Gasteiger partial charge is 0.255 e. The molecule has 0 saturated carbocycles. The summed E-state index contributed by atoms with van der Waals surface area (Å²) in [5.74, 6) is -7.15. The van der Waals surface area contributed by atoms with E-state index in [0.29, 0.717) is 6.54 Å². The van der Waals surface area contributed by atoms with E-state index in [1.165, 1.54) is 4.90 Å². The summed E-state index contributed by atoms with van der Waals surface area (Å²) in [5.41, 5.74) is 1.52. The van der Waals surface area contributed by atoms with Gasteiger partial charge in [-0.1, -0.05) is 25.4 Å². The van der Waals surface area contributed by atoms with Crippen LogP contribution >= 0.6 is 11.6 Å². The van der Waals surface area contributed by atoms with Crippen molar-refractivity contribution in [1.82, 2.24) is 14.8 Å². The molecule has 7 N–H and O–H groups in total. The number of aromatic hydroxyl groups is 1. The number of carbonyl (C=O) groups is 3. The first-order chi connectivity index (χ1) is 19.6. The van der Waals surface area contributed by atoms with Crippen LogP contribution in [0.1, 0.15) is 49.0 Å². The summed E-state index contributed by atoms with van der Waals surface area (Å²) in [6.07, 6.45) is 2.38. The minimum Gasteiger partial charge on any atom is -0.510 e. The van der Waals surface area contributed by atoms with Crippen LogP contribution in [0.3, 0.4) is 0 Å². The maximum atomic E-state index is 14.0. The van der Waals surface area contributed by atoms with Gasteiger partial charge in [0.2, 0.25) is 5.78 Å². The number of aromatic nitrogens is 1. The van der Waals surface area contributed by atoms with Gasteiger partial charge in [-0.3, -0.25) is 19.3 Å². The van der Waals surface area contributed by atoms with Crippen molar-refractivity contribution in [3.63, 3.8) is 0 Å². The van der Waals surface area contributed by atoms with Crippen molar-refractivity contribution in [3.05, 3.63) is 38.9 Å². The molecule has 0 spiro atoms. The minimum absolute atomic E-state index is 0.0119. The van der Waals surface area contributed by atoms with Gasteiger partial charge in [0.05, 0.1) is 11.6 Å². The molecule has 0 aromatic carbocycles. The van der Waals surface area contributed by atoms with E-state index in [9.17, 15) is 34.8 Å². The number of pyridine rings is 1. The maximum absolute atomic E-state index is 14.0. The van der Waals surface area contributed by atoms with Crippen LogP contribution in [0.2, 0.25) is 5.15 Å². The first kappa shape index (κ1) is 30.3. The third kappa shape index (κ3) is 4.64. The molecule has 0 radical (unpaired) electrons. The van der Waals surface area contributed by atoms with Crippen LogP contribution in [-0.2, 0) is 16.0 Å². The Bertz CT molecular complexity index is 1430. The van der Waals surface area contributed by atoms with E-state index in [1.54, 1.807) is 14.1 Å². The molecule has 1 aliphatic heterocycles. The fourth-order valence-corrected chi connectivity index (χ4v) is 7.47. The molecule has 228 valence electrons. The number of aliphatic hydroxyl groups excluding tert-OH is 2. The van der Waals surface area contributed by atoms with Gasteiger partial charge in [0.15, 0.2) is 23.0 Å². The molecule has 1 amide bonds. The lowest BCUT2D eigenvalue weighted by molar-refractivity contribution is -0.148. The predicted octanol–water partition coefficient (Wildman–Crippen LogP) is 1.70. The van der Waals surface area contributed by atoms with E-state index in [2.05, 4.69) is 29.0 Å². The average Bonchev–Trinajstić information content (AvgIpc) is 3.39. The normalized spacial score (nSPS) is 28.2. The molecule has 1 aromatic heterocycles. The van der Waals surface area contributed by atoms with Crippen molar-refractivity contribution in [2.45, 2.75) is 51.2 Å². The first-order valence-electron chi connectivity index (χ1n) is 14.1. The number of nitrogens with one attached hydrogen (secondary N) is 1. The molecular weight excluding hydrogens is 566 g/mol. The number of ketones is 2. The Kier molecular flexibility index (Phi) is 7.58. The number of hydrogen-bond acceptors (Lipinski definition) is 11. The van der Waals surface area contributed by atoms with Gasteiger partial charge in [0, 0.05) is 30.1 Å². The van der Waals surface area contributed by atoms with Crippen LogP contribution in [-0.4, -0.2) is 105 Å². The number of halogens is 1. The fraction of sp³-hybridized carbons (Fsp3) is 0.586. The second-order valence-corrected chi connectivity index (χ2v) is 13.3. The molecule has 1 fully saturated rings. The zero-order valence-corrected chi connectivity index (χ0v) is 25.0. The molecule has 4 atom stereocenters. The number of primary amides is 1. The van der Waals surface area contributed by atoms with Gasteiger partial charge in [0.1, 0.15) is 22.2 Å². The number of amides is 1. The molecule has 0 unspecified atom stereocenters. The number of aliphatic hydroxyl groups is 3. The van der Waals surface area contributed by atoms with E-state index in [0.717, 1.165) is 32.5 Å². The van der Waals surface area contributed by atoms with Crippen LogP contribution in [0.5, 0.6) is 5.75 Å². The van der Waals surface area contributed by atoms with Crippen LogP contribution in [0.15, 0.2) is 22.7 Å². The lowest BCUT2D eigenvalue weighted by Gasteiger charge is -2.50. The lowest BCUT2D eigenvalue weighted by Crippen LogP contribution is -2.63. The van der Waals surface area contributed by atoms with Crippen LogP contribution in [0.25, 0.3) is 0 Å². The number of rotatable bonds is 7. The number of nitrogens with zero attached hydrogens (tertiary/aromatic N) is 3. The van der Waals surface area contributed by atoms with E-state index < -0.39 is 63.8 Å². The third-order valence-corrected chi connectivity index (χ3v) is 9.43. The Balaban J connectivity index is 1.53. The van der Waals surface area contributed by atoms with Crippen LogP contribution in [0.4, 0.5) is 5.82 Å². The van der Waals surface area contributed by atoms with Gasteiger partial charge in [-0.05, 0) is 64.2 Å². The quantitative estimate of drug-likeness (QED) is 0.196. The molecule has 12 nitrogen and oxygen atoms in total. The fourth-order valence-electron chi connectivity index (χ4n) is 7.21. The molecule has 13 heteroatoms. The zero-order valence-electron chi connectivity index (χ0n) is 24.2. The lowest BCUT2D eigenvalue weighted by atomic mass is 9.58. The van der Waals surface area contributed by atoms with Crippen molar-refractivity contribution >= 4 is 34.9 Å². The van der Waals surface area contributed by atoms with E-state index in [4.69, 9.17) is 17.3 Å². The molecule has 3 aliphatic carbocycles. The standard InChI is InChI=1S/C29H38ClN5O7/c1-28(2,12-35-7-5-6-8-35)11-32-27-22(38)17-14(25(30)33-27)9-13-10-15-19(34(3)4)21(37)18(26(31)41)24(40)29(15,42)23(39)16(13)20(17)36/h13,15,19,37-39,42H,5-12H2,1-4H3,(H2,31,41)(H,32,33)/t13-,15-,19-,29-/m0/s1. The van der Waals surface area contributed by atoms with Crippen LogP contribution in [0, 0.1) is 17.3 Å². The number of likely N-dealkylation sites (N-methyl/N-ethyl adjacent to an activating group) is 1. The number of anilines is 1. The van der Waals surface area contributed by atoms with Crippen molar-refractivity contribution in [2.24, 2.45) is 23.0 Å². The highest BCUT2D eigenvalue weighted by Crippen LogP contribution is 2.53. The summed E-state index contributed by atoms with van der Waals surface area (Å²) in [6.45, 7) is 7.50. The van der Waals surface area contributed by atoms with Crippen molar-refractivity contribution < 1.29 is 34.8 Å². The molecule has 4 aliphatic rings. The first-order valence-corrected chi connectivity index (χ1v) is 14.5. The summed E-state index contributed by atoms with van der Waals surface area (Å²) in [5, 5.41) is 48.4. The summed E-state index contributed by atoms with van der Waals surface area (Å²) >= 11 is 6.57. The zero-order chi connectivity index (χ0) is 30.9. The third-order valence-electron chi connectivity index (χ3n) is 9.12. The number of hydrogen-bond donors (Lipinski definition) is 6. The Morgan fingerprint density at radius 1 is 1.21 bits per heavy atom. The van der Waals surface area contributed by atoms with Gasteiger partial charge < -0.3 is 36.4 Å². The number of allylic oxidation sites excluding steroid dienone is 1. The number of nitrogens with two attached hydrogens (primary N) is 1. The Hall–Kier alpha value is -3.19. The van der Waals surface area contributed by atoms with Gasteiger partial charge in [-0.2, -0.15) is 0 Å². The second-order valence-electron chi connectivity index (χ2n) is 12.9. The number of likely N-dealkylation sites (tertiary alicyclic amines) is 1. The molecule has 42 heavy (non-hydrogen) atoms. The summed E-state index contributed by atoms with van der Waals surface area (Å²) < 4.78 is 0. The molecule has 1 saturated heterocycles. The average molecular weight is 604 g/mol.